The number of benzene rings is 2. The number of ketones is 1. The fourth-order valence-corrected chi connectivity index (χ4v) is 4.81. The summed E-state index contributed by atoms with van der Waals surface area (Å²) in [6, 6.07) is 13.8. The van der Waals surface area contributed by atoms with Gasteiger partial charge in [0.05, 0.1) is 25.9 Å². The predicted molar refractivity (Wildman–Crippen MR) is 195 cm³/mol. The number of carbonyl (C=O) groups is 1. The minimum absolute atomic E-state index is 0.0624. The number of unbranched alkanes of at least 4 members (excludes halogenated alkanes) is 2. The SMILES string of the molecule is C=C\C=C(/C(C)=C(C)/C=C(\C)c1ccc(C(=O)CCCC)cc1OC)c1ccc(OC2CCOCC2)c(C#N)c1.CC.CCCC. The molecule has 0 aromatic heterocycles. The van der Waals surface area contributed by atoms with Crippen molar-refractivity contribution >= 4 is 16.9 Å². The van der Waals surface area contributed by atoms with Gasteiger partial charge in [-0.25, -0.2) is 0 Å². The molecule has 2 aromatic carbocycles. The van der Waals surface area contributed by atoms with Crippen LogP contribution in [-0.2, 0) is 4.74 Å². The highest BCUT2D eigenvalue weighted by Crippen LogP contribution is 2.33. The number of nitriles is 1. The first-order valence-corrected chi connectivity index (χ1v) is 16.9. The van der Waals surface area contributed by atoms with E-state index in [9.17, 15) is 10.1 Å². The molecule has 1 saturated heterocycles. The first-order valence-electron chi connectivity index (χ1n) is 16.9. The molecule has 0 N–H and O–H groups in total. The maximum Gasteiger partial charge on any atom is 0.163 e. The summed E-state index contributed by atoms with van der Waals surface area (Å²) in [4.78, 5) is 12.5. The number of methoxy groups -OCH3 is 1. The van der Waals surface area contributed by atoms with Gasteiger partial charge in [-0.1, -0.05) is 96.9 Å². The number of hydrogen-bond donors (Lipinski definition) is 0. The van der Waals surface area contributed by atoms with Gasteiger partial charge in [-0.05, 0) is 73.2 Å². The summed E-state index contributed by atoms with van der Waals surface area (Å²) in [5, 5.41) is 9.87. The van der Waals surface area contributed by atoms with Crippen molar-refractivity contribution in [1.82, 2.24) is 0 Å². The molecule has 0 radical (unpaired) electrons. The highest BCUT2D eigenvalue weighted by atomic mass is 16.5. The van der Waals surface area contributed by atoms with Gasteiger partial charge in [-0.2, -0.15) is 5.26 Å². The van der Waals surface area contributed by atoms with Gasteiger partial charge in [0, 0.05) is 30.4 Å². The van der Waals surface area contributed by atoms with Crippen LogP contribution < -0.4 is 9.47 Å². The molecule has 0 unspecified atom stereocenters. The maximum atomic E-state index is 12.5. The molecule has 1 heterocycles. The van der Waals surface area contributed by atoms with Crippen molar-refractivity contribution in [3.8, 4) is 17.6 Å². The van der Waals surface area contributed by atoms with Gasteiger partial charge in [-0.3, -0.25) is 4.79 Å². The number of carbonyl (C=O) groups excluding carboxylic acids is 1. The van der Waals surface area contributed by atoms with Gasteiger partial charge >= 0.3 is 0 Å². The Hall–Kier alpha value is -3.88. The van der Waals surface area contributed by atoms with E-state index in [1.165, 1.54) is 12.8 Å². The zero-order chi connectivity index (χ0) is 34.5. The molecule has 0 atom stereocenters. The van der Waals surface area contributed by atoms with E-state index in [4.69, 9.17) is 14.2 Å². The first-order chi connectivity index (χ1) is 22.2. The van der Waals surface area contributed by atoms with E-state index in [0.717, 1.165) is 59.1 Å². The third-order valence-electron chi connectivity index (χ3n) is 7.79. The fraction of sp³-hybridized carbons (Fsp3) is 0.463. The smallest absolute Gasteiger partial charge is 0.163 e. The molecule has 1 aliphatic heterocycles. The standard InChI is InChI=1S/C35H41NO4.C4H10.C2H6/c1-7-9-11-33(37)28-12-14-31(35(22-28)38-6)25(4)20-24(3)26(5)32(10-8-2)27-13-15-34(29(21-27)23-36)40-30-16-18-39-19-17-30;1-3-4-2;1-2/h8,10,12-15,20-22,30H,2,7,9,11,16-19H2,1,3-6H3;3-4H2,1-2H3;1-2H3/b25-20+,26-24+,32-10+;;. The van der Waals surface area contributed by atoms with E-state index in [2.05, 4.69) is 53.3 Å². The van der Waals surface area contributed by atoms with Crippen LogP contribution in [0.15, 0.2) is 72.4 Å². The minimum atomic E-state index is 0.0624. The molecule has 5 heteroatoms. The van der Waals surface area contributed by atoms with E-state index in [-0.39, 0.29) is 11.9 Å². The molecule has 3 rings (SSSR count). The van der Waals surface area contributed by atoms with Crippen molar-refractivity contribution in [3.05, 3.63) is 94.6 Å². The normalized spacial score (nSPS) is 14.0. The monoisotopic (exact) mass is 627 g/mol. The average Bonchev–Trinajstić information content (AvgIpc) is 3.10. The van der Waals surface area contributed by atoms with E-state index >= 15 is 0 Å². The third-order valence-corrected chi connectivity index (χ3v) is 7.79. The molecule has 46 heavy (non-hydrogen) atoms. The van der Waals surface area contributed by atoms with Crippen LogP contribution in [0.3, 0.4) is 0 Å². The molecular formula is C41H57NO4. The number of ether oxygens (including phenoxy) is 3. The van der Waals surface area contributed by atoms with Gasteiger partial charge in [-0.15, -0.1) is 0 Å². The van der Waals surface area contributed by atoms with Crippen LogP contribution in [0.4, 0.5) is 0 Å². The van der Waals surface area contributed by atoms with E-state index in [1.807, 2.05) is 63.2 Å². The van der Waals surface area contributed by atoms with E-state index in [0.29, 0.717) is 42.3 Å². The maximum absolute atomic E-state index is 12.5. The van der Waals surface area contributed by atoms with Gasteiger partial charge in [0.15, 0.2) is 5.78 Å². The second-order valence-corrected chi connectivity index (χ2v) is 11.1. The van der Waals surface area contributed by atoms with E-state index < -0.39 is 0 Å². The third kappa shape index (κ3) is 12.5. The average molecular weight is 628 g/mol. The van der Waals surface area contributed by atoms with Crippen molar-refractivity contribution in [2.45, 2.75) is 106 Å². The molecule has 0 saturated carbocycles. The molecule has 0 bridgehead atoms. The van der Waals surface area contributed by atoms with Crippen LogP contribution in [-0.4, -0.2) is 32.2 Å². The summed E-state index contributed by atoms with van der Waals surface area (Å²) in [6.07, 6.45) is 12.6. The summed E-state index contributed by atoms with van der Waals surface area (Å²) < 4.78 is 17.2. The van der Waals surface area contributed by atoms with Crippen LogP contribution in [0.5, 0.6) is 11.5 Å². The van der Waals surface area contributed by atoms with Crippen LogP contribution in [0.1, 0.15) is 127 Å². The number of allylic oxidation sites excluding steroid dienone is 7. The molecule has 250 valence electrons. The van der Waals surface area contributed by atoms with Gasteiger partial charge in [0.2, 0.25) is 0 Å². The lowest BCUT2D eigenvalue weighted by Crippen LogP contribution is -2.26. The van der Waals surface area contributed by atoms with E-state index in [1.54, 1.807) is 13.2 Å². The van der Waals surface area contributed by atoms with Crippen LogP contribution in [0.2, 0.25) is 0 Å². The Kier molecular flexibility index (Phi) is 19.7. The Balaban J connectivity index is 0.00000163. The molecule has 0 aliphatic carbocycles. The summed E-state index contributed by atoms with van der Waals surface area (Å²) >= 11 is 0. The zero-order valence-electron chi connectivity index (χ0n) is 29.9. The molecule has 1 aliphatic rings. The first kappa shape index (κ1) is 40.1. The summed E-state index contributed by atoms with van der Waals surface area (Å²) in [5.74, 6) is 1.43. The van der Waals surface area contributed by atoms with Crippen LogP contribution in [0, 0.1) is 11.3 Å². The summed E-state index contributed by atoms with van der Waals surface area (Å²) in [6.45, 7) is 21.9. The van der Waals surface area contributed by atoms with Crippen LogP contribution >= 0.6 is 0 Å². The lowest BCUT2D eigenvalue weighted by atomic mass is 9.92. The second kappa shape index (κ2) is 22.6. The zero-order valence-corrected chi connectivity index (χ0v) is 29.9. The Morgan fingerprint density at radius 2 is 1.63 bits per heavy atom. The van der Waals surface area contributed by atoms with Crippen molar-refractivity contribution in [3.63, 3.8) is 0 Å². The lowest BCUT2D eigenvalue weighted by molar-refractivity contribution is 0.0254. The fourth-order valence-electron chi connectivity index (χ4n) is 4.81. The molecule has 1 fully saturated rings. The van der Waals surface area contributed by atoms with Crippen molar-refractivity contribution in [2.24, 2.45) is 0 Å². The quantitative estimate of drug-likeness (QED) is 0.163. The summed E-state index contributed by atoms with van der Waals surface area (Å²) in [7, 11) is 1.63. The topological polar surface area (TPSA) is 68.6 Å². The molecule has 0 spiro atoms. The second-order valence-electron chi connectivity index (χ2n) is 11.1. The van der Waals surface area contributed by atoms with Gasteiger partial charge < -0.3 is 14.2 Å². The van der Waals surface area contributed by atoms with Crippen molar-refractivity contribution < 1.29 is 19.0 Å². The molecule has 0 amide bonds. The Morgan fingerprint density at radius 1 is 0.978 bits per heavy atom. The van der Waals surface area contributed by atoms with Crippen molar-refractivity contribution in [1.29, 1.82) is 5.26 Å². The predicted octanol–water partition coefficient (Wildman–Crippen LogP) is 11.3. The Labute approximate surface area is 279 Å². The van der Waals surface area contributed by atoms with Gasteiger partial charge in [0.1, 0.15) is 23.7 Å². The van der Waals surface area contributed by atoms with Crippen LogP contribution in [0.25, 0.3) is 11.1 Å². The van der Waals surface area contributed by atoms with Crippen molar-refractivity contribution in [2.75, 3.05) is 20.3 Å². The molecule has 2 aromatic rings. The minimum Gasteiger partial charge on any atom is -0.496 e. The number of Topliss-reactive ketones (excluding diaryl/α,β-unsaturated/α-hetero) is 1. The highest BCUT2D eigenvalue weighted by molar-refractivity contribution is 5.97. The molecule has 5 nitrogen and oxygen atoms in total. The van der Waals surface area contributed by atoms with Gasteiger partial charge in [0.25, 0.3) is 0 Å². The number of rotatable bonds is 13. The lowest BCUT2D eigenvalue weighted by Gasteiger charge is -2.24. The number of hydrogen-bond acceptors (Lipinski definition) is 5. The largest absolute Gasteiger partial charge is 0.496 e. The molecular weight excluding hydrogens is 570 g/mol. The number of nitrogens with zero attached hydrogens (tertiary/aromatic N) is 1. The Morgan fingerprint density at radius 3 is 2.20 bits per heavy atom. The highest BCUT2D eigenvalue weighted by Gasteiger charge is 2.18. The Bertz CT molecular complexity index is 1380. The summed E-state index contributed by atoms with van der Waals surface area (Å²) in [5.41, 5.74) is 7.19.